The van der Waals surface area contributed by atoms with Gasteiger partial charge in [0.1, 0.15) is 11.4 Å². The van der Waals surface area contributed by atoms with Gasteiger partial charge in [0.25, 0.3) is 0 Å². The molecule has 0 saturated heterocycles. The summed E-state index contributed by atoms with van der Waals surface area (Å²) in [6.07, 6.45) is -4.46. The number of ether oxygens (including phenoxy) is 1. The molecular weight excluding hydrogens is 231 g/mol. The van der Waals surface area contributed by atoms with Crippen LogP contribution in [-0.2, 0) is 6.18 Å². The lowest BCUT2D eigenvalue weighted by atomic mass is 10.2. The third-order valence-electron chi connectivity index (χ3n) is 2.27. The zero-order valence-electron chi connectivity index (χ0n) is 9.08. The van der Waals surface area contributed by atoms with Gasteiger partial charge in [0.15, 0.2) is 0 Å². The van der Waals surface area contributed by atoms with Gasteiger partial charge in [-0.3, -0.25) is 0 Å². The first kappa shape index (κ1) is 11.7. The van der Waals surface area contributed by atoms with E-state index in [0.717, 1.165) is 6.07 Å². The number of rotatable bonds is 2. The monoisotopic (exact) mass is 241 g/mol. The minimum Gasteiger partial charge on any atom is -0.493 e. The van der Waals surface area contributed by atoms with Crippen LogP contribution in [0.2, 0.25) is 0 Å². The number of nitrogens with zero attached hydrogens (tertiary/aromatic N) is 1. The summed E-state index contributed by atoms with van der Waals surface area (Å²) in [6.45, 7) is 2.04. The lowest BCUT2D eigenvalue weighted by Crippen LogP contribution is -2.09. The van der Waals surface area contributed by atoms with Crippen molar-refractivity contribution in [2.45, 2.75) is 13.1 Å². The number of para-hydroxylation sites is 1. The van der Waals surface area contributed by atoms with Crippen LogP contribution in [0.25, 0.3) is 10.9 Å². The molecule has 0 unspecified atom stereocenters. The molecule has 0 aliphatic rings. The number of halogens is 3. The fourth-order valence-electron chi connectivity index (χ4n) is 1.56. The van der Waals surface area contributed by atoms with Crippen molar-refractivity contribution in [3.63, 3.8) is 0 Å². The van der Waals surface area contributed by atoms with Gasteiger partial charge < -0.3 is 4.74 Å². The average molecular weight is 241 g/mol. The highest BCUT2D eigenvalue weighted by Gasteiger charge is 2.33. The van der Waals surface area contributed by atoms with E-state index in [1.54, 1.807) is 25.1 Å². The second kappa shape index (κ2) is 4.24. The van der Waals surface area contributed by atoms with Crippen LogP contribution in [0.1, 0.15) is 12.6 Å². The molecule has 0 amide bonds. The number of alkyl halides is 3. The number of hydrogen-bond donors (Lipinski definition) is 0. The first-order valence-electron chi connectivity index (χ1n) is 5.12. The Hall–Kier alpha value is -1.78. The summed E-state index contributed by atoms with van der Waals surface area (Å²) < 4.78 is 43.1. The SMILES string of the molecule is CCOc1cc(C(F)(F)F)nc2ccccc12. The van der Waals surface area contributed by atoms with E-state index in [2.05, 4.69) is 4.98 Å². The number of aromatic nitrogens is 1. The molecule has 17 heavy (non-hydrogen) atoms. The Morgan fingerprint density at radius 2 is 1.94 bits per heavy atom. The first-order valence-corrected chi connectivity index (χ1v) is 5.12. The zero-order valence-corrected chi connectivity index (χ0v) is 9.08. The molecule has 1 aromatic carbocycles. The molecule has 0 aliphatic carbocycles. The molecule has 2 rings (SSSR count). The Morgan fingerprint density at radius 1 is 1.24 bits per heavy atom. The molecule has 0 spiro atoms. The van der Waals surface area contributed by atoms with Crippen LogP contribution >= 0.6 is 0 Å². The van der Waals surface area contributed by atoms with E-state index in [-0.39, 0.29) is 11.3 Å². The Balaban J connectivity index is 2.67. The molecule has 0 aliphatic heterocycles. The molecule has 0 bridgehead atoms. The van der Waals surface area contributed by atoms with E-state index in [9.17, 15) is 13.2 Å². The molecule has 0 saturated carbocycles. The zero-order chi connectivity index (χ0) is 12.5. The van der Waals surface area contributed by atoms with Crippen LogP contribution < -0.4 is 4.74 Å². The Labute approximate surface area is 96.0 Å². The lowest BCUT2D eigenvalue weighted by Gasteiger charge is -2.11. The predicted octanol–water partition coefficient (Wildman–Crippen LogP) is 3.65. The quantitative estimate of drug-likeness (QED) is 0.800. The minimum atomic E-state index is -4.46. The van der Waals surface area contributed by atoms with Crippen molar-refractivity contribution in [1.29, 1.82) is 0 Å². The van der Waals surface area contributed by atoms with Gasteiger partial charge in [-0.2, -0.15) is 13.2 Å². The largest absolute Gasteiger partial charge is 0.493 e. The molecule has 5 heteroatoms. The predicted molar refractivity (Wildman–Crippen MR) is 57.9 cm³/mol. The molecular formula is C12H10F3NO. The number of benzene rings is 1. The van der Waals surface area contributed by atoms with Crippen LogP contribution in [-0.4, -0.2) is 11.6 Å². The lowest BCUT2D eigenvalue weighted by molar-refractivity contribution is -0.141. The van der Waals surface area contributed by atoms with Gasteiger partial charge in [0, 0.05) is 11.5 Å². The van der Waals surface area contributed by atoms with E-state index in [1.807, 2.05) is 0 Å². The van der Waals surface area contributed by atoms with Gasteiger partial charge in [-0.15, -0.1) is 0 Å². The minimum absolute atomic E-state index is 0.213. The summed E-state index contributed by atoms with van der Waals surface area (Å²) in [7, 11) is 0. The molecule has 0 N–H and O–H groups in total. The van der Waals surface area contributed by atoms with Gasteiger partial charge in [-0.05, 0) is 19.1 Å². The van der Waals surface area contributed by atoms with Crippen molar-refractivity contribution in [3.8, 4) is 5.75 Å². The molecule has 1 aromatic heterocycles. The molecule has 90 valence electrons. The second-order valence-corrected chi connectivity index (χ2v) is 3.45. The van der Waals surface area contributed by atoms with Crippen LogP contribution in [0, 0.1) is 0 Å². The maximum atomic E-state index is 12.6. The van der Waals surface area contributed by atoms with E-state index in [4.69, 9.17) is 4.74 Å². The van der Waals surface area contributed by atoms with Gasteiger partial charge in [0.05, 0.1) is 12.1 Å². The Morgan fingerprint density at radius 3 is 2.59 bits per heavy atom. The van der Waals surface area contributed by atoms with Crippen LogP contribution in [0.4, 0.5) is 13.2 Å². The van der Waals surface area contributed by atoms with E-state index in [0.29, 0.717) is 12.0 Å². The summed E-state index contributed by atoms with van der Waals surface area (Å²) in [6, 6.07) is 7.54. The molecule has 0 radical (unpaired) electrons. The van der Waals surface area contributed by atoms with Crippen molar-refractivity contribution < 1.29 is 17.9 Å². The summed E-state index contributed by atoms with van der Waals surface area (Å²) in [5, 5.41) is 0.586. The third kappa shape index (κ3) is 2.33. The highest BCUT2D eigenvalue weighted by Crippen LogP contribution is 2.33. The fraction of sp³-hybridized carbons (Fsp3) is 0.250. The normalized spacial score (nSPS) is 11.8. The van der Waals surface area contributed by atoms with Crippen molar-refractivity contribution in [2.24, 2.45) is 0 Å². The number of fused-ring (bicyclic) bond motifs is 1. The summed E-state index contributed by atoms with van der Waals surface area (Å²) in [5.74, 6) is 0.213. The molecule has 2 nitrogen and oxygen atoms in total. The van der Waals surface area contributed by atoms with E-state index in [1.165, 1.54) is 6.07 Å². The molecule has 0 fully saturated rings. The van der Waals surface area contributed by atoms with Crippen LogP contribution in [0.15, 0.2) is 30.3 Å². The topological polar surface area (TPSA) is 22.1 Å². The van der Waals surface area contributed by atoms with E-state index < -0.39 is 11.9 Å². The van der Waals surface area contributed by atoms with Crippen molar-refractivity contribution in [3.05, 3.63) is 36.0 Å². The van der Waals surface area contributed by atoms with Gasteiger partial charge in [0.2, 0.25) is 0 Å². The molecule has 1 heterocycles. The number of pyridine rings is 1. The van der Waals surface area contributed by atoms with Crippen molar-refractivity contribution in [1.82, 2.24) is 4.98 Å². The summed E-state index contributed by atoms with van der Waals surface area (Å²) in [4.78, 5) is 3.58. The van der Waals surface area contributed by atoms with Crippen molar-refractivity contribution >= 4 is 10.9 Å². The van der Waals surface area contributed by atoms with Crippen LogP contribution in [0.3, 0.4) is 0 Å². The Bertz CT molecular complexity index is 537. The van der Waals surface area contributed by atoms with E-state index >= 15 is 0 Å². The standard InChI is InChI=1S/C12H10F3NO/c1-2-17-10-7-11(12(13,14)15)16-9-6-4-3-5-8(9)10/h3-7H,2H2,1H3. The summed E-state index contributed by atoms with van der Waals surface area (Å²) in [5.41, 5.74) is -0.648. The summed E-state index contributed by atoms with van der Waals surface area (Å²) >= 11 is 0. The maximum Gasteiger partial charge on any atom is 0.433 e. The van der Waals surface area contributed by atoms with Crippen LogP contribution in [0.5, 0.6) is 5.75 Å². The third-order valence-corrected chi connectivity index (χ3v) is 2.27. The fourth-order valence-corrected chi connectivity index (χ4v) is 1.56. The Kier molecular flexibility index (Phi) is 2.92. The smallest absolute Gasteiger partial charge is 0.433 e. The number of hydrogen-bond acceptors (Lipinski definition) is 2. The second-order valence-electron chi connectivity index (χ2n) is 3.45. The van der Waals surface area contributed by atoms with Gasteiger partial charge >= 0.3 is 6.18 Å². The molecule has 2 aromatic rings. The van der Waals surface area contributed by atoms with Crippen molar-refractivity contribution in [2.75, 3.05) is 6.61 Å². The average Bonchev–Trinajstić information content (AvgIpc) is 2.28. The van der Waals surface area contributed by atoms with Gasteiger partial charge in [-0.1, -0.05) is 12.1 Å². The first-order chi connectivity index (χ1) is 8.02. The van der Waals surface area contributed by atoms with Gasteiger partial charge in [-0.25, -0.2) is 4.98 Å². The molecule has 0 atom stereocenters. The maximum absolute atomic E-state index is 12.6. The highest BCUT2D eigenvalue weighted by atomic mass is 19.4. The highest BCUT2D eigenvalue weighted by molar-refractivity contribution is 5.85.